The van der Waals surface area contributed by atoms with Gasteiger partial charge in [-0.25, -0.2) is 9.78 Å². The third kappa shape index (κ3) is 1.72. The first-order valence-corrected chi connectivity index (χ1v) is 3.53. The van der Waals surface area contributed by atoms with Crippen LogP contribution in [0.15, 0.2) is 12.1 Å². The zero-order valence-electron chi connectivity index (χ0n) is 6.96. The van der Waals surface area contributed by atoms with E-state index in [0.29, 0.717) is 11.5 Å². The van der Waals surface area contributed by atoms with E-state index in [1.165, 1.54) is 12.1 Å². The lowest BCUT2D eigenvalue weighted by Crippen LogP contribution is -2.01. The number of hydrogen-bond acceptors (Lipinski definition) is 3. The Morgan fingerprint density at radius 3 is 2.75 bits per heavy atom. The van der Waals surface area contributed by atoms with Crippen molar-refractivity contribution in [1.82, 2.24) is 4.98 Å². The second-order valence-corrected chi connectivity index (χ2v) is 2.44. The molecule has 4 heteroatoms. The molecule has 0 radical (unpaired) electrons. The number of nitrogens with zero attached hydrogens (tertiary/aromatic N) is 1. The number of aromatic nitrogens is 1. The van der Waals surface area contributed by atoms with E-state index in [2.05, 4.69) is 10.3 Å². The molecule has 12 heavy (non-hydrogen) atoms. The summed E-state index contributed by atoms with van der Waals surface area (Å²) in [4.78, 5) is 14.6. The lowest BCUT2D eigenvalue weighted by atomic mass is 10.2. The van der Waals surface area contributed by atoms with E-state index < -0.39 is 5.97 Å². The molecule has 0 aromatic carbocycles. The van der Waals surface area contributed by atoms with Gasteiger partial charge in [0.25, 0.3) is 0 Å². The fourth-order valence-electron chi connectivity index (χ4n) is 0.920. The van der Waals surface area contributed by atoms with Crippen LogP contribution in [0.5, 0.6) is 0 Å². The number of rotatable bonds is 2. The van der Waals surface area contributed by atoms with Crippen LogP contribution in [0.4, 0.5) is 5.82 Å². The van der Waals surface area contributed by atoms with E-state index in [-0.39, 0.29) is 5.56 Å². The Balaban J connectivity index is 3.15. The van der Waals surface area contributed by atoms with Crippen LogP contribution >= 0.6 is 0 Å². The Hall–Kier alpha value is -1.58. The molecule has 1 heterocycles. The van der Waals surface area contributed by atoms with E-state index in [1.807, 2.05) is 0 Å². The number of carboxylic acid groups (broad SMARTS) is 1. The van der Waals surface area contributed by atoms with Gasteiger partial charge in [-0.15, -0.1) is 0 Å². The van der Waals surface area contributed by atoms with Gasteiger partial charge in [0.1, 0.15) is 5.82 Å². The summed E-state index contributed by atoms with van der Waals surface area (Å²) in [5.74, 6) is -0.357. The fraction of sp³-hybridized carbons (Fsp3) is 0.250. The maximum Gasteiger partial charge on any atom is 0.335 e. The lowest BCUT2D eigenvalue weighted by Gasteiger charge is -2.01. The van der Waals surface area contributed by atoms with Crippen molar-refractivity contribution in [3.8, 4) is 0 Å². The average Bonchev–Trinajstić information content (AvgIpc) is 2.03. The van der Waals surface area contributed by atoms with Crippen molar-refractivity contribution in [3.63, 3.8) is 0 Å². The van der Waals surface area contributed by atoms with Gasteiger partial charge in [0.05, 0.1) is 5.56 Å². The molecule has 0 bridgehead atoms. The molecule has 1 aromatic heterocycles. The van der Waals surface area contributed by atoms with Crippen molar-refractivity contribution in [3.05, 3.63) is 23.4 Å². The van der Waals surface area contributed by atoms with Crippen LogP contribution in [-0.4, -0.2) is 23.1 Å². The van der Waals surface area contributed by atoms with Crippen molar-refractivity contribution in [2.24, 2.45) is 0 Å². The molecule has 1 aromatic rings. The molecule has 0 saturated heterocycles. The molecule has 0 amide bonds. The molecule has 0 aliphatic rings. The number of carbonyl (C=O) groups is 1. The minimum atomic E-state index is -0.933. The molecule has 64 valence electrons. The number of pyridine rings is 1. The first kappa shape index (κ1) is 8.52. The highest BCUT2D eigenvalue weighted by Crippen LogP contribution is 2.08. The Morgan fingerprint density at radius 1 is 1.58 bits per heavy atom. The van der Waals surface area contributed by atoms with E-state index in [4.69, 9.17) is 5.11 Å². The molecule has 0 fully saturated rings. The smallest absolute Gasteiger partial charge is 0.335 e. The predicted molar refractivity (Wildman–Crippen MR) is 45.5 cm³/mol. The Kier molecular flexibility index (Phi) is 2.28. The molecular formula is C8H10N2O2. The quantitative estimate of drug-likeness (QED) is 0.691. The Morgan fingerprint density at radius 2 is 2.25 bits per heavy atom. The first-order valence-electron chi connectivity index (χ1n) is 3.53. The molecule has 0 atom stereocenters. The van der Waals surface area contributed by atoms with Gasteiger partial charge >= 0.3 is 5.97 Å². The zero-order chi connectivity index (χ0) is 9.14. The van der Waals surface area contributed by atoms with Crippen LogP contribution in [0.3, 0.4) is 0 Å². The fourth-order valence-corrected chi connectivity index (χ4v) is 0.920. The van der Waals surface area contributed by atoms with Crippen molar-refractivity contribution < 1.29 is 9.90 Å². The number of carboxylic acids is 1. The van der Waals surface area contributed by atoms with Crippen LogP contribution in [0.1, 0.15) is 16.1 Å². The first-order chi connectivity index (χ1) is 5.63. The van der Waals surface area contributed by atoms with Gasteiger partial charge in [0.2, 0.25) is 0 Å². The van der Waals surface area contributed by atoms with Crippen molar-refractivity contribution in [2.75, 3.05) is 12.4 Å². The van der Waals surface area contributed by atoms with E-state index in [1.54, 1.807) is 14.0 Å². The molecule has 0 aliphatic heterocycles. The Labute approximate surface area is 70.3 Å². The van der Waals surface area contributed by atoms with Crippen molar-refractivity contribution >= 4 is 11.8 Å². The van der Waals surface area contributed by atoms with Crippen LogP contribution < -0.4 is 5.32 Å². The largest absolute Gasteiger partial charge is 0.478 e. The monoisotopic (exact) mass is 166 g/mol. The molecule has 2 N–H and O–H groups in total. The summed E-state index contributed by atoms with van der Waals surface area (Å²) in [5, 5.41) is 11.5. The Bertz CT molecular complexity index is 310. The maximum atomic E-state index is 10.6. The van der Waals surface area contributed by atoms with Crippen LogP contribution in [0.2, 0.25) is 0 Å². The van der Waals surface area contributed by atoms with Gasteiger partial charge in [-0.05, 0) is 19.1 Å². The third-order valence-corrected chi connectivity index (χ3v) is 1.46. The molecule has 0 unspecified atom stereocenters. The summed E-state index contributed by atoms with van der Waals surface area (Å²) >= 11 is 0. The maximum absolute atomic E-state index is 10.6. The second kappa shape index (κ2) is 3.21. The second-order valence-electron chi connectivity index (χ2n) is 2.44. The van der Waals surface area contributed by atoms with Gasteiger partial charge in [0, 0.05) is 12.7 Å². The van der Waals surface area contributed by atoms with Crippen LogP contribution in [0.25, 0.3) is 0 Å². The van der Waals surface area contributed by atoms with Crippen molar-refractivity contribution in [2.45, 2.75) is 6.92 Å². The van der Waals surface area contributed by atoms with Crippen LogP contribution in [-0.2, 0) is 0 Å². The highest BCUT2D eigenvalue weighted by molar-refractivity contribution is 5.88. The molecule has 1 rings (SSSR count). The molecule has 4 nitrogen and oxygen atoms in total. The summed E-state index contributed by atoms with van der Waals surface area (Å²) < 4.78 is 0. The summed E-state index contributed by atoms with van der Waals surface area (Å²) in [6.07, 6.45) is 0. The molecule has 0 aliphatic carbocycles. The van der Waals surface area contributed by atoms with E-state index >= 15 is 0 Å². The van der Waals surface area contributed by atoms with E-state index in [9.17, 15) is 4.79 Å². The summed E-state index contributed by atoms with van der Waals surface area (Å²) in [7, 11) is 1.70. The number of nitrogens with one attached hydrogen (secondary N) is 1. The minimum Gasteiger partial charge on any atom is -0.478 e. The number of anilines is 1. The van der Waals surface area contributed by atoms with Crippen LogP contribution in [0, 0.1) is 6.92 Å². The predicted octanol–water partition coefficient (Wildman–Crippen LogP) is 1.13. The van der Waals surface area contributed by atoms with Gasteiger partial charge in [-0.3, -0.25) is 0 Å². The summed E-state index contributed by atoms with van der Waals surface area (Å²) in [6.45, 7) is 1.76. The molecule has 0 spiro atoms. The van der Waals surface area contributed by atoms with Gasteiger partial charge in [-0.2, -0.15) is 0 Å². The van der Waals surface area contributed by atoms with Crippen molar-refractivity contribution in [1.29, 1.82) is 0 Å². The zero-order valence-corrected chi connectivity index (χ0v) is 6.96. The topological polar surface area (TPSA) is 62.2 Å². The highest BCUT2D eigenvalue weighted by Gasteiger charge is 2.04. The lowest BCUT2D eigenvalue weighted by molar-refractivity contribution is 0.0696. The van der Waals surface area contributed by atoms with E-state index in [0.717, 1.165) is 0 Å². The number of aromatic carboxylic acids is 1. The highest BCUT2D eigenvalue weighted by atomic mass is 16.4. The normalized spacial score (nSPS) is 9.50. The number of aryl methyl sites for hydroxylation is 1. The van der Waals surface area contributed by atoms with Gasteiger partial charge in [0.15, 0.2) is 0 Å². The summed E-state index contributed by atoms with van der Waals surface area (Å²) in [6, 6.07) is 3.03. The summed E-state index contributed by atoms with van der Waals surface area (Å²) in [5.41, 5.74) is 0.950. The molecule has 0 saturated carbocycles. The molecular weight excluding hydrogens is 156 g/mol. The minimum absolute atomic E-state index is 0.256. The standard InChI is InChI=1S/C8H10N2O2/c1-5-3-6(8(11)12)4-7(9-2)10-5/h3-4H,1-2H3,(H,9,10)(H,11,12). The van der Waals surface area contributed by atoms with Gasteiger partial charge < -0.3 is 10.4 Å². The van der Waals surface area contributed by atoms with Gasteiger partial charge in [-0.1, -0.05) is 0 Å². The average molecular weight is 166 g/mol. The third-order valence-electron chi connectivity index (χ3n) is 1.46. The number of hydrogen-bond donors (Lipinski definition) is 2. The SMILES string of the molecule is CNc1cc(C(=O)O)cc(C)n1.